The van der Waals surface area contributed by atoms with Crippen LogP contribution >= 0.6 is 8.58 Å². The van der Waals surface area contributed by atoms with Gasteiger partial charge in [-0.3, -0.25) is 0 Å². The minimum absolute atomic E-state index is 0.856. The summed E-state index contributed by atoms with van der Waals surface area (Å²) in [6, 6.07) is 0. The van der Waals surface area contributed by atoms with Crippen LogP contribution in [0.3, 0.4) is 0 Å². The lowest BCUT2D eigenvalue weighted by Gasteiger charge is -2.15. The van der Waals surface area contributed by atoms with Crippen LogP contribution < -0.4 is 0 Å². The molecule has 0 aromatic rings. The molecule has 2 atom stereocenters. The topological polar surface area (TPSA) is 0 Å². The van der Waals surface area contributed by atoms with E-state index in [0.717, 1.165) is 14.2 Å². The third-order valence-corrected chi connectivity index (χ3v) is 3.15. The van der Waals surface area contributed by atoms with Gasteiger partial charge in [0.05, 0.1) is 0 Å². The maximum atomic E-state index is 2.28. The summed E-state index contributed by atoms with van der Waals surface area (Å²) in [5.41, 5.74) is 2.41. The molecule has 9 heavy (non-hydrogen) atoms. The van der Waals surface area contributed by atoms with E-state index < -0.39 is 0 Å². The van der Waals surface area contributed by atoms with Crippen LogP contribution in [-0.4, -0.2) is 12.3 Å². The van der Waals surface area contributed by atoms with Gasteiger partial charge in [-0.05, 0) is 20.0 Å². The lowest BCUT2D eigenvalue weighted by molar-refractivity contribution is 0.977. The predicted molar refractivity (Wildman–Crippen MR) is 45.5 cm³/mol. The SMILES string of the molecule is CPC1CC=CC=C1C. The van der Waals surface area contributed by atoms with E-state index in [1.807, 2.05) is 0 Å². The molecule has 0 aromatic heterocycles. The molecule has 50 valence electrons. The summed E-state index contributed by atoms with van der Waals surface area (Å²) in [6.07, 6.45) is 7.90. The summed E-state index contributed by atoms with van der Waals surface area (Å²) in [5, 5.41) is 0. The molecule has 0 amide bonds. The summed E-state index contributed by atoms with van der Waals surface area (Å²) < 4.78 is 0. The van der Waals surface area contributed by atoms with Crippen LogP contribution in [0, 0.1) is 0 Å². The van der Waals surface area contributed by atoms with Crippen molar-refractivity contribution in [2.45, 2.75) is 19.0 Å². The van der Waals surface area contributed by atoms with Crippen LogP contribution in [0.2, 0.25) is 0 Å². The quantitative estimate of drug-likeness (QED) is 0.491. The summed E-state index contributed by atoms with van der Waals surface area (Å²) >= 11 is 0. The molecule has 0 aliphatic heterocycles. The fourth-order valence-corrected chi connectivity index (χ4v) is 2.01. The molecular weight excluding hydrogens is 127 g/mol. The van der Waals surface area contributed by atoms with E-state index in [-0.39, 0.29) is 0 Å². The molecular formula is C8H13P. The molecule has 0 saturated heterocycles. The highest BCUT2D eigenvalue weighted by molar-refractivity contribution is 7.38. The first-order chi connectivity index (χ1) is 4.34. The van der Waals surface area contributed by atoms with Gasteiger partial charge in [-0.25, -0.2) is 0 Å². The Morgan fingerprint density at radius 2 is 2.44 bits per heavy atom. The van der Waals surface area contributed by atoms with Crippen molar-refractivity contribution in [1.29, 1.82) is 0 Å². The third kappa shape index (κ3) is 1.66. The van der Waals surface area contributed by atoms with Crippen molar-refractivity contribution in [3.8, 4) is 0 Å². The van der Waals surface area contributed by atoms with Crippen LogP contribution in [0.5, 0.6) is 0 Å². The fourth-order valence-electron chi connectivity index (χ4n) is 1.08. The Kier molecular flexibility index (Phi) is 2.48. The Hall–Kier alpha value is -0.0900. The molecule has 0 fully saturated rings. The number of allylic oxidation sites excluding steroid dienone is 4. The van der Waals surface area contributed by atoms with Gasteiger partial charge in [-0.15, -0.1) is 8.58 Å². The molecule has 1 rings (SSSR count). The van der Waals surface area contributed by atoms with E-state index in [4.69, 9.17) is 0 Å². The average molecular weight is 140 g/mol. The van der Waals surface area contributed by atoms with Crippen molar-refractivity contribution in [3.63, 3.8) is 0 Å². The highest BCUT2D eigenvalue weighted by Crippen LogP contribution is 2.27. The van der Waals surface area contributed by atoms with Gasteiger partial charge in [0.25, 0.3) is 0 Å². The molecule has 0 heterocycles. The first kappa shape index (κ1) is 7.02. The summed E-state index contributed by atoms with van der Waals surface area (Å²) in [6.45, 7) is 4.51. The molecule has 1 aliphatic carbocycles. The van der Waals surface area contributed by atoms with E-state index in [1.54, 1.807) is 5.57 Å². The Morgan fingerprint density at radius 3 is 2.89 bits per heavy atom. The standard InChI is InChI=1S/C8H13P/c1-7-5-3-4-6-8(7)9-2/h3-5,8-9H,6H2,1-2H3. The molecule has 0 radical (unpaired) electrons. The highest BCUT2D eigenvalue weighted by Gasteiger charge is 2.07. The average Bonchev–Trinajstić information content (AvgIpc) is 1.89. The molecule has 2 unspecified atom stereocenters. The van der Waals surface area contributed by atoms with E-state index in [1.165, 1.54) is 6.42 Å². The van der Waals surface area contributed by atoms with E-state index >= 15 is 0 Å². The second-order valence-corrected chi connectivity index (χ2v) is 3.69. The monoisotopic (exact) mass is 140 g/mol. The van der Waals surface area contributed by atoms with Crippen molar-refractivity contribution in [2.75, 3.05) is 6.66 Å². The first-order valence-corrected chi connectivity index (χ1v) is 4.93. The fraction of sp³-hybridized carbons (Fsp3) is 0.500. The van der Waals surface area contributed by atoms with Gasteiger partial charge in [0.2, 0.25) is 0 Å². The molecule has 0 nitrogen and oxygen atoms in total. The van der Waals surface area contributed by atoms with Crippen molar-refractivity contribution in [1.82, 2.24) is 0 Å². The largest absolute Gasteiger partial charge is 0.118 e. The first-order valence-electron chi connectivity index (χ1n) is 3.35. The van der Waals surface area contributed by atoms with Gasteiger partial charge in [0, 0.05) is 5.66 Å². The molecule has 0 N–H and O–H groups in total. The summed E-state index contributed by atoms with van der Waals surface area (Å²) in [7, 11) is 1.07. The lowest BCUT2D eigenvalue weighted by Crippen LogP contribution is -2.02. The predicted octanol–water partition coefficient (Wildman–Crippen LogP) is 2.57. The maximum Gasteiger partial charge on any atom is 0.000528 e. The second-order valence-electron chi connectivity index (χ2n) is 2.42. The maximum absolute atomic E-state index is 2.28. The number of hydrogen-bond acceptors (Lipinski definition) is 0. The van der Waals surface area contributed by atoms with Crippen molar-refractivity contribution < 1.29 is 0 Å². The highest BCUT2D eigenvalue weighted by atomic mass is 31.1. The Balaban J connectivity index is 2.59. The van der Waals surface area contributed by atoms with Crippen LogP contribution in [-0.2, 0) is 0 Å². The number of rotatable bonds is 1. The Bertz CT molecular complexity index is 145. The minimum atomic E-state index is 0.856. The van der Waals surface area contributed by atoms with Crippen molar-refractivity contribution >= 4 is 8.58 Å². The van der Waals surface area contributed by atoms with Gasteiger partial charge in [0.15, 0.2) is 0 Å². The molecule has 0 bridgehead atoms. The van der Waals surface area contributed by atoms with Crippen LogP contribution in [0.15, 0.2) is 23.8 Å². The summed E-state index contributed by atoms with van der Waals surface area (Å²) in [5.74, 6) is 0. The molecule has 1 heteroatoms. The smallest absolute Gasteiger partial charge is 0.000528 e. The number of hydrogen-bond donors (Lipinski definition) is 0. The molecule has 1 aliphatic rings. The normalized spacial score (nSPS) is 27.3. The van der Waals surface area contributed by atoms with Crippen molar-refractivity contribution in [3.05, 3.63) is 23.8 Å². The van der Waals surface area contributed by atoms with Gasteiger partial charge in [-0.1, -0.05) is 23.8 Å². The Morgan fingerprint density at radius 1 is 1.67 bits per heavy atom. The van der Waals surface area contributed by atoms with Crippen molar-refractivity contribution in [2.24, 2.45) is 0 Å². The Labute approximate surface area is 58.8 Å². The minimum Gasteiger partial charge on any atom is -0.118 e. The van der Waals surface area contributed by atoms with Crippen LogP contribution in [0.4, 0.5) is 0 Å². The molecule has 0 saturated carbocycles. The zero-order valence-corrected chi connectivity index (χ0v) is 7.02. The van der Waals surface area contributed by atoms with Crippen LogP contribution in [0.1, 0.15) is 13.3 Å². The molecule has 0 spiro atoms. The van der Waals surface area contributed by atoms with Gasteiger partial charge in [0.1, 0.15) is 0 Å². The van der Waals surface area contributed by atoms with E-state index in [9.17, 15) is 0 Å². The second kappa shape index (κ2) is 3.17. The lowest BCUT2D eigenvalue weighted by atomic mass is 10.1. The zero-order chi connectivity index (χ0) is 6.69. The third-order valence-electron chi connectivity index (χ3n) is 1.77. The van der Waals surface area contributed by atoms with Gasteiger partial charge >= 0.3 is 0 Å². The zero-order valence-electron chi connectivity index (χ0n) is 6.02. The molecule has 0 aromatic carbocycles. The van der Waals surface area contributed by atoms with E-state index in [2.05, 4.69) is 31.8 Å². The van der Waals surface area contributed by atoms with Gasteiger partial charge in [-0.2, -0.15) is 0 Å². The summed E-state index contributed by atoms with van der Waals surface area (Å²) in [4.78, 5) is 0. The van der Waals surface area contributed by atoms with E-state index in [0.29, 0.717) is 0 Å². The van der Waals surface area contributed by atoms with Gasteiger partial charge < -0.3 is 0 Å². The van der Waals surface area contributed by atoms with Crippen LogP contribution in [0.25, 0.3) is 0 Å².